The third kappa shape index (κ3) is 2.24. The average molecular weight is 218 g/mol. The highest BCUT2D eigenvalue weighted by molar-refractivity contribution is 5.13. The molecule has 0 N–H and O–H groups in total. The van der Waals surface area contributed by atoms with E-state index in [1.807, 2.05) is 10.8 Å². The molecule has 16 heavy (non-hydrogen) atoms. The number of hydrogen-bond acceptors (Lipinski definition) is 3. The van der Waals surface area contributed by atoms with Crippen LogP contribution >= 0.6 is 0 Å². The van der Waals surface area contributed by atoms with Crippen molar-refractivity contribution in [1.82, 2.24) is 15.0 Å². The molecule has 1 aliphatic carbocycles. The molecule has 1 fully saturated rings. The molecule has 0 spiro atoms. The lowest BCUT2D eigenvalue weighted by atomic mass is 9.69. The van der Waals surface area contributed by atoms with Gasteiger partial charge in [-0.3, -0.25) is 4.68 Å². The van der Waals surface area contributed by atoms with Crippen LogP contribution in [0.3, 0.4) is 0 Å². The zero-order valence-electron chi connectivity index (χ0n) is 9.98. The Kier molecular flexibility index (Phi) is 2.95. The minimum absolute atomic E-state index is 0.386. The van der Waals surface area contributed by atoms with Gasteiger partial charge in [-0.05, 0) is 24.2 Å². The van der Waals surface area contributed by atoms with Gasteiger partial charge in [-0.1, -0.05) is 31.9 Å². The molecule has 1 aromatic rings. The van der Waals surface area contributed by atoms with Gasteiger partial charge in [-0.25, -0.2) is 0 Å². The zero-order chi connectivity index (χ0) is 11.6. The highest BCUT2D eigenvalue weighted by atomic mass is 15.4. The summed E-state index contributed by atoms with van der Waals surface area (Å²) in [5, 5.41) is 16.5. The summed E-state index contributed by atoms with van der Waals surface area (Å²) in [6.07, 6.45) is 6.94. The van der Waals surface area contributed by atoms with Crippen LogP contribution in [0.4, 0.5) is 0 Å². The third-order valence-corrected chi connectivity index (χ3v) is 3.79. The third-order valence-electron chi connectivity index (χ3n) is 3.79. The Morgan fingerprint density at radius 3 is 3.00 bits per heavy atom. The molecule has 2 rings (SSSR count). The normalized spacial score (nSPS) is 23.9. The first kappa shape index (κ1) is 11.1. The van der Waals surface area contributed by atoms with E-state index in [4.69, 9.17) is 5.26 Å². The minimum atomic E-state index is 0.386. The van der Waals surface area contributed by atoms with Crippen LogP contribution in [0.1, 0.15) is 45.2 Å². The Balaban J connectivity index is 2.06. The predicted octanol–water partition coefficient (Wildman–Crippen LogP) is 2.37. The smallest absolute Gasteiger partial charge is 0.182 e. The van der Waals surface area contributed by atoms with Crippen LogP contribution in [-0.2, 0) is 6.54 Å². The van der Waals surface area contributed by atoms with E-state index in [9.17, 15) is 0 Å². The van der Waals surface area contributed by atoms with Gasteiger partial charge < -0.3 is 0 Å². The highest BCUT2D eigenvalue weighted by Crippen LogP contribution is 2.41. The van der Waals surface area contributed by atoms with Gasteiger partial charge >= 0.3 is 0 Å². The van der Waals surface area contributed by atoms with Gasteiger partial charge in [0.15, 0.2) is 5.69 Å². The van der Waals surface area contributed by atoms with E-state index in [1.165, 1.54) is 25.7 Å². The van der Waals surface area contributed by atoms with E-state index in [0.717, 1.165) is 6.54 Å². The minimum Gasteiger partial charge on any atom is -0.251 e. The summed E-state index contributed by atoms with van der Waals surface area (Å²) in [7, 11) is 0. The first-order chi connectivity index (χ1) is 7.62. The fourth-order valence-electron chi connectivity index (χ4n) is 2.57. The van der Waals surface area contributed by atoms with Crippen molar-refractivity contribution in [3.8, 4) is 6.07 Å². The molecule has 4 nitrogen and oxygen atoms in total. The van der Waals surface area contributed by atoms with Gasteiger partial charge in [0.1, 0.15) is 6.07 Å². The lowest BCUT2D eigenvalue weighted by Crippen LogP contribution is -2.31. The van der Waals surface area contributed by atoms with E-state index in [-0.39, 0.29) is 0 Å². The molecule has 1 aromatic heterocycles. The van der Waals surface area contributed by atoms with Crippen molar-refractivity contribution in [2.24, 2.45) is 11.3 Å². The van der Waals surface area contributed by atoms with E-state index in [1.54, 1.807) is 6.20 Å². The van der Waals surface area contributed by atoms with Gasteiger partial charge in [0, 0.05) is 6.54 Å². The zero-order valence-corrected chi connectivity index (χ0v) is 9.98. The molecular weight excluding hydrogens is 200 g/mol. The summed E-state index contributed by atoms with van der Waals surface area (Å²) in [6.45, 7) is 5.56. The number of nitriles is 1. The van der Waals surface area contributed by atoms with Crippen LogP contribution in [0.15, 0.2) is 6.20 Å². The summed E-state index contributed by atoms with van der Waals surface area (Å²) >= 11 is 0. The number of hydrogen-bond donors (Lipinski definition) is 0. The Morgan fingerprint density at radius 2 is 2.38 bits per heavy atom. The van der Waals surface area contributed by atoms with Crippen LogP contribution in [0.25, 0.3) is 0 Å². The Bertz CT molecular complexity index is 399. The van der Waals surface area contributed by atoms with Gasteiger partial charge in [-0.15, -0.1) is 5.10 Å². The van der Waals surface area contributed by atoms with E-state index in [2.05, 4.69) is 24.2 Å². The second-order valence-corrected chi connectivity index (χ2v) is 5.37. The largest absolute Gasteiger partial charge is 0.251 e. The van der Waals surface area contributed by atoms with Crippen LogP contribution in [-0.4, -0.2) is 15.0 Å². The van der Waals surface area contributed by atoms with Crippen molar-refractivity contribution < 1.29 is 0 Å². The topological polar surface area (TPSA) is 54.5 Å². The van der Waals surface area contributed by atoms with Crippen LogP contribution in [0.2, 0.25) is 0 Å². The molecule has 0 saturated heterocycles. The summed E-state index contributed by atoms with van der Waals surface area (Å²) in [5.41, 5.74) is 0.797. The van der Waals surface area contributed by atoms with E-state index >= 15 is 0 Å². The molecule has 0 radical (unpaired) electrons. The lowest BCUT2D eigenvalue weighted by Gasteiger charge is -2.38. The molecule has 0 aliphatic heterocycles. The molecule has 1 heterocycles. The molecule has 1 unspecified atom stereocenters. The second-order valence-electron chi connectivity index (χ2n) is 5.37. The Labute approximate surface area is 96.3 Å². The van der Waals surface area contributed by atoms with Crippen molar-refractivity contribution >= 4 is 0 Å². The molecule has 1 aliphatic rings. The maximum atomic E-state index is 8.69. The molecule has 0 bridgehead atoms. The summed E-state index contributed by atoms with van der Waals surface area (Å²) in [6, 6.07) is 2.01. The van der Waals surface area contributed by atoms with Crippen molar-refractivity contribution in [2.75, 3.05) is 0 Å². The number of aromatic nitrogens is 3. The quantitative estimate of drug-likeness (QED) is 0.765. The predicted molar refractivity (Wildman–Crippen MR) is 60.5 cm³/mol. The van der Waals surface area contributed by atoms with E-state index in [0.29, 0.717) is 17.0 Å². The molecule has 4 heteroatoms. The summed E-state index contributed by atoms with van der Waals surface area (Å²) in [4.78, 5) is 0. The first-order valence-corrected chi connectivity index (χ1v) is 5.92. The Hall–Kier alpha value is -1.37. The van der Waals surface area contributed by atoms with E-state index < -0.39 is 0 Å². The van der Waals surface area contributed by atoms with Crippen molar-refractivity contribution in [1.29, 1.82) is 5.26 Å². The first-order valence-electron chi connectivity index (χ1n) is 5.92. The van der Waals surface area contributed by atoms with Gasteiger partial charge in [0.25, 0.3) is 0 Å². The van der Waals surface area contributed by atoms with Crippen LogP contribution in [0.5, 0.6) is 0 Å². The molecule has 86 valence electrons. The van der Waals surface area contributed by atoms with Gasteiger partial charge in [0.05, 0.1) is 6.20 Å². The highest BCUT2D eigenvalue weighted by Gasteiger charge is 2.32. The van der Waals surface area contributed by atoms with Gasteiger partial charge in [0.2, 0.25) is 0 Å². The number of rotatable bonds is 2. The van der Waals surface area contributed by atoms with Crippen molar-refractivity contribution in [2.45, 2.75) is 46.1 Å². The molecular formula is C12H18N4. The van der Waals surface area contributed by atoms with Crippen LogP contribution in [0, 0.1) is 22.7 Å². The number of nitrogens with zero attached hydrogens (tertiary/aromatic N) is 4. The monoisotopic (exact) mass is 218 g/mol. The van der Waals surface area contributed by atoms with Crippen LogP contribution < -0.4 is 0 Å². The fraction of sp³-hybridized carbons (Fsp3) is 0.750. The molecule has 0 amide bonds. The fourth-order valence-corrected chi connectivity index (χ4v) is 2.57. The van der Waals surface area contributed by atoms with Crippen molar-refractivity contribution in [3.05, 3.63) is 11.9 Å². The summed E-state index contributed by atoms with van der Waals surface area (Å²) in [5.74, 6) is 0.648. The Morgan fingerprint density at radius 1 is 1.56 bits per heavy atom. The second kappa shape index (κ2) is 4.25. The molecule has 1 atom stereocenters. The molecule has 0 aromatic carbocycles. The van der Waals surface area contributed by atoms with Crippen molar-refractivity contribution in [3.63, 3.8) is 0 Å². The maximum Gasteiger partial charge on any atom is 0.182 e. The SMILES string of the molecule is CC1(C)CCCCC1Cn1cc(C#N)nn1. The maximum absolute atomic E-state index is 8.69. The summed E-state index contributed by atoms with van der Waals surface area (Å²) < 4.78 is 1.82. The average Bonchev–Trinajstić information content (AvgIpc) is 2.69. The molecule has 1 saturated carbocycles. The lowest BCUT2D eigenvalue weighted by molar-refractivity contribution is 0.116. The van der Waals surface area contributed by atoms with Gasteiger partial charge in [-0.2, -0.15) is 5.26 Å². The standard InChI is InChI=1S/C12H18N4/c1-12(2)6-4-3-5-10(12)8-16-9-11(7-13)14-15-16/h9-10H,3-6,8H2,1-2H3.